The molecule has 1 aromatic carbocycles. The minimum absolute atomic E-state index is 0.0231. The van der Waals surface area contributed by atoms with Crippen LogP contribution >= 0.6 is 15.9 Å². The molecule has 5 nitrogen and oxygen atoms in total. The summed E-state index contributed by atoms with van der Waals surface area (Å²) >= 11 is 3.50. The van der Waals surface area contributed by atoms with Crippen LogP contribution in [-0.4, -0.2) is 49.7 Å². The molecule has 3 atom stereocenters. The smallest absolute Gasteiger partial charge is 0.349 e. The van der Waals surface area contributed by atoms with Gasteiger partial charge in [-0.2, -0.15) is 0 Å². The quantitative estimate of drug-likeness (QED) is 0.304. The molecule has 1 fully saturated rings. The number of carbonyl (C=O) groups is 1. The first-order valence-electron chi connectivity index (χ1n) is 10.7. The molecule has 170 valence electrons. The summed E-state index contributed by atoms with van der Waals surface area (Å²) in [5.41, 5.74) is 1.11. The molecule has 1 N–H and O–H groups in total. The van der Waals surface area contributed by atoms with E-state index >= 15 is 0 Å². The maximum absolute atomic E-state index is 12.8. The van der Waals surface area contributed by atoms with Crippen LogP contribution in [0.2, 0.25) is 10.1 Å². The number of benzene rings is 1. The van der Waals surface area contributed by atoms with Crippen molar-refractivity contribution in [1.82, 2.24) is 0 Å². The highest BCUT2D eigenvalue weighted by Gasteiger charge is 2.61. The van der Waals surface area contributed by atoms with Gasteiger partial charge in [0.25, 0.3) is 0 Å². The van der Waals surface area contributed by atoms with E-state index in [-0.39, 0.29) is 33.7 Å². The Morgan fingerprint density at radius 3 is 2.37 bits per heavy atom. The maximum Gasteiger partial charge on any atom is 0.349 e. The van der Waals surface area contributed by atoms with Crippen molar-refractivity contribution in [3.05, 3.63) is 35.9 Å². The summed E-state index contributed by atoms with van der Waals surface area (Å²) in [5, 5.41) is 10.1. The minimum Gasteiger partial charge on any atom is -0.391 e. The Bertz CT molecular complexity index is 669. The summed E-state index contributed by atoms with van der Waals surface area (Å²) in [7, 11) is -2.71. The Kier molecular flexibility index (Phi) is 8.87. The van der Waals surface area contributed by atoms with Gasteiger partial charge in [0, 0.05) is 23.1 Å². The number of alkyl halides is 1. The molecule has 0 saturated carbocycles. The second-order valence-electron chi connectivity index (χ2n) is 10.1. The number of hydrogen-bond acceptors (Lipinski definition) is 5. The summed E-state index contributed by atoms with van der Waals surface area (Å²) in [6.45, 7) is 14.0. The molecule has 1 heterocycles. The number of hydrogen-bond donors (Lipinski definition) is 1. The second kappa shape index (κ2) is 10.4. The predicted molar refractivity (Wildman–Crippen MR) is 125 cm³/mol. The van der Waals surface area contributed by atoms with E-state index in [1.807, 2.05) is 30.3 Å². The Morgan fingerprint density at radius 2 is 1.80 bits per heavy atom. The summed E-state index contributed by atoms with van der Waals surface area (Å²) in [6.07, 6.45) is -0.596. The van der Waals surface area contributed by atoms with Crippen molar-refractivity contribution in [2.75, 3.05) is 13.2 Å². The number of aliphatic hydroxyl groups is 1. The molecule has 0 radical (unpaired) electrons. The molecule has 1 aliphatic rings. The highest BCUT2D eigenvalue weighted by atomic mass is 79.9. The van der Waals surface area contributed by atoms with Gasteiger partial charge in [0.1, 0.15) is 11.9 Å². The van der Waals surface area contributed by atoms with E-state index in [0.717, 1.165) is 5.56 Å². The van der Waals surface area contributed by atoms with E-state index in [4.69, 9.17) is 13.6 Å². The number of halogens is 1. The fraction of sp³-hybridized carbons (Fsp3) is 0.696. The molecule has 0 spiro atoms. The molecule has 30 heavy (non-hydrogen) atoms. The van der Waals surface area contributed by atoms with Crippen LogP contribution in [0.15, 0.2) is 30.3 Å². The minimum atomic E-state index is -2.71. The third-order valence-electron chi connectivity index (χ3n) is 5.56. The zero-order chi connectivity index (χ0) is 22.6. The van der Waals surface area contributed by atoms with E-state index in [2.05, 4.69) is 57.5 Å². The van der Waals surface area contributed by atoms with Gasteiger partial charge in [0.15, 0.2) is 0 Å². The zero-order valence-electron chi connectivity index (χ0n) is 19.1. The van der Waals surface area contributed by atoms with E-state index in [0.29, 0.717) is 19.6 Å². The molecule has 2 rings (SSSR count). The van der Waals surface area contributed by atoms with Crippen LogP contribution in [0.25, 0.3) is 0 Å². The molecule has 0 aromatic heterocycles. The molecule has 0 aliphatic carbocycles. The lowest BCUT2D eigenvalue weighted by molar-refractivity contribution is -0.126. The Morgan fingerprint density at radius 1 is 1.20 bits per heavy atom. The normalized spacial score (nSPS) is 23.2. The van der Waals surface area contributed by atoms with Crippen molar-refractivity contribution in [1.29, 1.82) is 0 Å². The van der Waals surface area contributed by atoms with E-state index in [1.54, 1.807) is 0 Å². The lowest BCUT2D eigenvalue weighted by Gasteiger charge is -2.54. The van der Waals surface area contributed by atoms with Crippen molar-refractivity contribution >= 4 is 30.3 Å². The van der Waals surface area contributed by atoms with Gasteiger partial charge >= 0.3 is 8.56 Å². The van der Waals surface area contributed by atoms with Crippen LogP contribution in [-0.2, 0) is 25.0 Å². The van der Waals surface area contributed by atoms with Gasteiger partial charge in [0.2, 0.25) is 0 Å². The molecule has 1 aromatic rings. The fourth-order valence-electron chi connectivity index (χ4n) is 4.16. The number of aliphatic hydroxyl groups excluding tert-OH is 1. The van der Waals surface area contributed by atoms with Crippen molar-refractivity contribution in [2.45, 2.75) is 88.1 Å². The van der Waals surface area contributed by atoms with Crippen LogP contribution in [0.4, 0.5) is 0 Å². The fourth-order valence-corrected chi connectivity index (χ4v) is 9.50. The third kappa shape index (κ3) is 6.23. The number of ketones is 1. The van der Waals surface area contributed by atoms with Gasteiger partial charge in [-0.05, 0) is 12.0 Å². The first-order chi connectivity index (χ1) is 13.9. The van der Waals surface area contributed by atoms with Gasteiger partial charge in [-0.3, -0.25) is 4.79 Å². The van der Waals surface area contributed by atoms with Crippen LogP contribution in [0, 0.1) is 0 Å². The summed E-state index contributed by atoms with van der Waals surface area (Å²) in [4.78, 5) is 12.5. The first kappa shape index (κ1) is 25.7. The van der Waals surface area contributed by atoms with Crippen LogP contribution in [0.1, 0.15) is 59.9 Å². The number of ether oxygens (including phenoxy) is 1. The van der Waals surface area contributed by atoms with E-state index < -0.39 is 20.8 Å². The highest BCUT2D eigenvalue weighted by Crippen LogP contribution is 2.54. The van der Waals surface area contributed by atoms with Gasteiger partial charge in [-0.1, -0.05) is 87.8 Å². The highest BCUT2D eigenvalue weighted by molar-refractivity contribution is 9.10. The molecular formula is C23H37BrO5Si. The summed E-state index contributed by atoms with van der Waals surface area (Å²) in [5.74, 6) is 0.0231. The zero-order valence-corrected chi connectivity index (χ0v) is 21.7. The average Bonchev–Trinajstić information content (AvgIpc) is 2.65. The predicted octanol–water partition coefficient (Wildman–Crippen LogP) is 5.13. The number of carbonyl (C=O) groups excluding carboxylic acids is 1. The molecule has 1 unspecified atom stereocenters. The van der Waals surface area contributed by atoms with Crippen molar-refractivity contribution in [3.8, 4) is 0 Å². The van der Waals surface area contributed by atoms with Gasteiger partial charge in [-0.15, -0.1) is 0 Å². The van der Waals surface area contributed by atoms with Crippen LogP contribution in [0.5, 0.6) is 0 Å². The summed E-state index contributed by atoms with van der Waals surface area (Å²) in [6, 6.07) is 9.96. The second-order valence-corrected chi connectivity index (χ2v) is 16.0. The lowest BCUT2D eigenvalue weighted by atomic mass is 10.1. The largest absolute Gasteiger partial charge is 0.391 e. The molecule has 0 amide bonds. The van der Waals surface area contributed by atoms with Gasteiger partial charge < -0.3 is 18.7 Å². The van der Waals surface area contributed by atoms with Crippen molar-refractivity contribution in [3.63, 3.8) is 0 Å². The molecule has 1 aliphatic heterocycles. The molecule has 0 bridgehead atoms. The Labute approximate surface area is 190 Å². The monoisotopic (exact) mass is 500 g/mol. The number of Topliss-reactive ketones (excluding diaryl/α,β-unsaturated/α-hetero) is 1. The lowest BCUT2D eigenvalue weighted by Crippen LogP contribution is -2.65. The number of rotatable bonds is 8. The van der Waals surface area contributed by atoms with E-state index in [9.17, 15) is 9.90 Å². The van der Waals surface area contributed by atoms with Crippen LogP contribution in [0.3, 0.4) is 0 Å². The SMILES string of the molecule is CC(C)(C)[Si]1(C(C)(C)C)OC[C@@H](O)[C@H](CC(=O)C(Br)CCOCc2ccccc2)O1. The Balaban J connectivity index is 1.92. The first-order valence-corrected chi connectivity index (χ1v) is 13.4. The third-order valence-corrected chi connectivity index (χ3v) is 11.7. The van der Waals surface area contributed by atoms with Crippen molar-refractivity contribution in [2.24, 2.45) is 0 Å². The average molecular weight is 502 g/mol. The standard InChI is InChI=1S/C23H37BrO5Si/c1-22(2,3)30(23(4,5)6)28-16-20(26)21(29-30)14-19(25)18(24)12-13-27-15-17-10-8-7-9-11-17/h7-11,18,20-21,26H,12-16H2,1-6H3/t18?,20-,21+/m1/s1. The van der Waals surface area contributed by atoms with Gasteiger partial charge in [0.05, 0.1) is 24.1 Å². The molecule has 7 heteroatoms. The molecule has 1 saturated heterocycles. The Hall–Kier alpha value is -0.573. The van der Waals surface area contributed by atoms with E-state index in [1.165, 1.54) is 0 Å². The van der Waals surface area contributed by atoms with Crippen molar-refractivity contribution < 1.29 is 23.5 Å². The van der Waals surface area contributed by atoms with Crippen LogP contribution < -0.4 is 0 Å². The topological polar surface area (TPSA) is 65.0 Å². The van der Waals surface area contributed by atoms with Gasteiger partial charge in [-0.25, -0.2) is 0 Å². The summed E-state index contributed by atoms with van der Waals surface area (Å²) < 4.78 is 18.4. The molecular weight excluding hydrogens is 464 g/mol. The maximum atomic E-state index is 12.8.